The first-order valence-corrected chi connectivity index (χ1v) is 17.4. The Balaban J connectivity index is 0.00000218. The molecule has 6 heteroatoms. The van der Waals surface area contributed by atoms with Crippen LogP contribution in [0.5, 0.6) is 0 Å². The van der Waals surface area contributed by atoms with E-state index in [1.165, 1.54) is 7.11 Å². The SMILES string of the molecule is CCCCC(C)C1=C(C)C(=O)C2CC(C)CC(C(=O)OC)C2C1(C)C(=O)CC.II. The summed E-state index contributed by atoms with van der Waals surface area (Å²) >= 11 is 4.24. The van der Waals surface area contributed by atoms with E-state index in [-0.39, 0.29) is 41.2 Å². The van der Waals surface area contributed by atoms with E-state index in [1.54, 1.807) is 0 Å². The van der Waals surface area contributed by atoms with Crippen LogP contribution in [0, 0.1) is 35.0 Å². The molecule has 4 nitrogen and oxygen atoms in total. The van der Waals surface area contributed by atoms with Crippen molar-refractivity contribution in [2.45, 2.75) is 80.1 Å². The first-order valence-electron chi connectivity index (χ1n) is 11.2. The quantitative estimate of drug-likeness (QED) is 0.223. The minimum Gasteiger partial charge on any atom is -0.469 e. The lowest BCUT2D eigenvalue weighted by Gasteiger charge is -2.53. The second-order valence-corrected chi connectivity index (χ2v) is 9.26. The molecule has 172 valence electrons. The van der Waals surface area contributed by atoms with E-state index in [4.69, 9.17) is 4.74 Å². The van der Waals surface area contributed by atoms with E-state index < -0.39 is 11.3 Å². The number of hydrogen-bond donors (Lipinski definition) is 0. The highest BCUT2D eigenvalue weighted by Crippen LogP contribution is 2.58. The summed E-state index contributed by atoms with van der Waals surface area (Å²) in [4.78, 5) is 39.6. The van der Waals surface area contributed by atoms with Crippen LogP contribution in [0.1, 0.15) is 80.1 Å². The van der Waals surface area contributed by atoms with E-state index >= 15 is 0 Å². The summed E-state index contributed by atoms with van der Waals surface area (Å²) in [5.41, 5.74) is 0.984. The van der Waals surface area contributed by atoms with E-state index in [9.17, 15) is 14.4 Å². The zero-order valence-electron chi connectivity index (χ0n) is 19.5. The van der Waals surface area contributed by atoms with Crippen LogP contribution >= 0.6 is 37.2 Å². The fourth-order valence-corrected chi connectivity index (χ4v) is 6.23. The van der Waals surface area contributed by atoms with Gasteiger partial charge in [0.1, 0.15) is 5.78 Å². The van der Waals surface area contributed by atoms with Crippen LogP contribution in [0.2, 0.25) is 0 Å². The maximum Gasteiger partial charge on any atom is 0.309 e. The van der Waals surface area contributed by atoms with Crippen LogP contribution in [-0.4, -0.2) is 24.6 Å². The molecule has 2 rings (SSSR count). The third-order valence-corrected chi connectivity index (χ3v) is 7.40. The number of esters is 1. The van der Waals surface area contributed by atoms with Gasteiger partial charge in [0.15, 0.2) is 5.78 Å². The summed E-state index contributed by atoms with van der Waals surface area (Å²) in [6.07, 6.45) is 4.95. The Bertz CT molecular complexity index is 672. The number of fused-ring (bicyclic) bond motifs is 1. The third kappa shape index (κ3) is 5.31. The molecule has 2 aliphatic rings. The number of ketones is 2. The summed E-state index contributed by atoms with van der Waals surface area (Å²) in [6.45, 7) is 12.2. The summed E-state index contributed by atoms with van der Waals surface area (Å²) in [7, 11) is 1.41. The number of Topliss-reactive ketones (excluding diaryl/α,β-unsaturated/α-hetero) is 2. The zero-order chi connectivity index (χ0) is 23.2. The second-order valence-electron chi connectivity index (χ2n) is 9.26. The molecule has 6 unspecified atom stereocenters. The fraction of sp³-hybridized carbons (Fsp3) is 0.792. The highest BCUT2D eigenvalue weighted by molar-refractivity contribution is 15.0. The number of halogens is 2. The molecule has 0 aromatic heterocycles. The van der Waals surface area contributed by atoms with Crippen molar-refractivity contribution >= 4 is 54.8 Å². The molecule has 0 spiro atoms. The van der Waals surface area contributed by atoms with Crippen molar-refractivity contribution in [2.24, 2.45) is 35.0 Å². The van der Waals surface area contributed by atoms with Gasteiger partial charge in [0.05, 0.1) is 18.4 Å². The maximum atomic E-state index is 13.4. The molecule has 0 bridgehead atoms. The number of methoxy groups -OCH3 is 1. The third-order valence-electron chi connectivity index (χ3n) is 7.40. The first kappa shape index (κ1) is 28.0. The van der Waals surface area contributed by atoms with E-state index in [0.29, 0.717) is 12.8 Å². The molecule has 2 aliphatic carbocycles. The standard InChI is InChI=1S/C24H38O4.I2/c1-8-10-11-15(4)20-16(5)22(26)17-12-14(3)13-18(23(27)28-7)21(17)24(20,6)19(25)9-2;1-2/h14-15,17-18,21H,8-13H2,1-7H3;. The van der Waals surface area contributed by atoms with Crippen LogP contribution in [0.25, 0.3) is 0 Å². The predicted molar refractivity (Wildman–Crippen MR) is 139 cm³/mol. The average Bonchev–Trinajstić information content (AvgIpc) is 2.75. The smallest absolute Gasteiger partial charge is 0.309 e. The molecule has 0 amide bonds. The van der Waals surface area contributed by atoms with Gasteiger partial charge in [-0.3, -0.25) is 14.4 Å². The summed E-state index contributed by atoms with van der Waals surface area (Å²) in [6, 6.07) is 0. The molecule has 30 heavy (non-hydrogen) atoms. The van der Waals surface area contributed by atoms with Crippen molar-refractivity contribution in [2.75, 3.05) is 7.11 Å². The molecular formula is C24H38I2O4. The van der Waals surface area contributed by atoms with Crippen LogP contribution in [0.15, 0.2) is 11.1 Å². The van der Waals surface area contributed by atoms with E-state index in [0.717, 1.165) is 36.8 Å². The molecule has 1 fully saturated rings. The van der Waals surface area contributed by atoms with Gasteiger partial charge in [-0.2, -0.15) is 0 Å². The summed E-state index contributed by atoms with van der Waals surface area (Å²) < 4.78 is 5.14. The lowest BCUT2D eigenvalue weighted by Crippen LogP contribution is -2.56. The highest BCUT2D eigenvalue weighted by atomic mass is 128. The number of hydrogen-bond acceptors (Lipinski definition) is 4. The van der Waals surface area contributed by atoms with Gasteiger partial charge in [0.25, 0.3) is 0 Å². The van der Waals surface area contributed by atoms with Crippen LogP contribution < -0.4 is 0 Å². The highest BCUT2D eigenvalue weighted by Gasteiger charge is 2.59. The van der Waals surface area contributed by atoms with Gasteiger partial charge in [-0.25, -0.2) is 0 Å². The van der Waals surface area contributed by atoms with Gasteiger partial charge < -0.3 is 4.74 Å². The Morgan fingerprint density at radius 2 is 1.83 bits per heavy atom. The van der Waals surface area contributed by atoms with Gasteiger partial charge >= 0.3 is 5.97 Å². The lowest BCUT2D eigenvalue weighted by molar-refractivity contribution is -0.158. The molecule has 0 N–H and O–H groups in total. The molecule has 0 radical (unpaired) electrons. The van der Waals surface area contributed by atoms with Crippen molar-refractivity contribution in [1.82, 2.24) is 0 Å². The Morgan fingerprint density at radius 3 is 2.33 bits per heavy atom. The van der Waals surface area contributed by atoms with Crippen molar-refractivity contribution < 1.29 is 19.1 Å². The Hall–Kier alpha value is 0.0100. The molecule has 0 heterocycles. The molecule has 0 aromatic carbocycles. The van der Waals surface area contributed by atoms with Crippen molar-refractivity contribution in [3.8, 4) is 0 Å². The Morgan fingerprint density at radius 1 is 1.23 bits per heavy atom. The number of carbonyl (C=O) groups is 3. The largest absolute Gasteiger partial charge is 0.469 e. The number of ether oxygens (including phenoxy) is 1. The average molecular weight is 644 g/mol. The minimum absolute atomic E-state index is 0.144. The molecule has 1 saturated carbocycles. The van der Waals surface area contributed by atoms with Crippen LogP contribution in [0.4, 0.5) is 0 Å². The molecule has 0 aliphatic heterocycles. The second kappa shape index (κ2) is 12.3. The topological polar surface area (TPSA) is 60.4 Å². The predicted octanol–water partition coefficient (Wildman–Crippen LogP) is 6.92. The molecule has 0 aromatic rings. The Kier molecular flexibility index (Phi) is 11.5. The van der Waals surface area contributed by atoms with Crippen molar-refractivity contribution in [3.63, 3.8) is 0 Å². The summed E-state index contributed by atoms with van der Waals surface area (Å²) in [5, 5.41) is 0. The van der Waals surface area contributed by atoms with E-state index in [2.05, 4.69) is 58.0 Å². The lowest BCUT2D eigenvalue weighted by atomic mass is 9.48. The number of allylic oxidation sites excluding steroid dienone is 2. The van der Waals surface area contributed by atoms with Crippen LogP contribution in [0.3, 0.4) is 0 Å². The van der Waals surface area contributed by atoms with Crippen molar-refractivity contribution in [3.05, 3.63) is 11.1 Å². The zero-order valence-corrected chi connectivity index (χ0v) is 23.8. The number of unbranched alkanes of at least 4 members (excludes halogenated alkanes) is 1. The van der Waals surface area contributed by atoms with Gasteiger partial charge in [0.2, 0.25) is 0 Å². The number of carbonyl (C=O) groups excluding carboxylic acids is 3. The first-order chi connectivity index (χ1) is 14.1. The van der Waals surface area contributed by atoms with Gasteiger partial charge in [-0.15, -0.1) is 0 Å². The normalized spacial score (nSPS) is 32.0. The van der Waals surface area contributed by atoms with Gasteiger partial charge in [-0.05, 0) is 62.0 Å². The minimum atomic E-state index is -0.774. The molecule has 6 atom stereocenters. The van der Waals surface area contributed by atoms with E-state index in [1.807, 2.05) is 20.8 Å². The maximum absolute atomic E-state index is 13.4. The van der Waals surface area contributed by atoms with Crippen molar-refractivity contribution in [1.29, 1.82) is 0 Å². The monoisotopic (exact) mass is 644 g/mol. The Labute approximate surface area is 206 Å². The summed E-state index contributed by atoms with van der Waals surface area (Å²) in [5.74, 6) is -0.518. The fourth-order valence-electron chi connectivity index (χ4n) is 6.23. The molecular weight excluding hydrogens is 606 g/mol. The number of rotatable bonds is 7. The van der Waals surface area contributed by atoms with Gasteiger partial charge in [0, 0.05) is 49.6 Å². The molecule has 0 saturated heterocycles. The van der Waals surface area contributed by atoms with Crippen LogP contribution in [-0.2, 0) is 19.1 Å². The van der Waals surface area contributed by atoms with Gasteiger partial charge in [-0.1, -0.05) is 40.5 Å².